The first-order chi connectivity index (χ1) is 15.0. The number of aromatic nitrogens is 1. The van der Waals surface area contributed by atoms with Crippen LogP contribution in [0.4, 0.5) is 5.69 Å². The summed E-state index contributed by atoms with van der Waals surface area (Å²) in [6.07, 6.45) is 3.48. The van der Waals surface area contributed by atoms with E-state index in [-0.39, 0.29) is 5.91 Å². The number of aliphatic imine (C=N–C) groups is 1. The van der Waals surface area contributed by atoms with Gasteiger partial charge in [0.25, 0.3) is 5.91 Å². The molecule has 0 saturated carbocycles. The summed E-state index contributed by atoms with van der Waals surface area (Å²) in [5, 5.41) is 6.14. The normalized spacial score (nSPS) is 11.3. The van der Waals surface area contributed by atoms with Crippen molar-refractivity contribution in [2.75, 3.05) is 11.9 Å². The fourth-order valence-electron chi connectivity index (χ4n) is 2.93. The third kappa shape index (κ3) is 6.67. The molecule has 2 N–H and O–H groups in total. The van der Waals surface area contributed by atoms with Gasteiger partial charge in [-0.25, -0.2) is 4.99 Å². The number of benzene rings is 2. The molecule has 3 rings (SSSR count). The summed E-state index contributed by atoms with van der Waals surface area (Å²) in [6.45, 7) is 7.18. The first-order valence-electron chi connectivity index (χ1n) is 10.4. The molecule has 1 aromatic heterocycles. The molecular weight excluding hydrogens is 388 g/mol. The maximum absolute atomic E-state index is 12.8. The van der Waals surface area contributed by atoms with Crippen LogP contribution in [0.15, 0.2) is 78.0 Å². The van der Waals surface area contributed by atoms with Crippen molar-refractivity contribution in [3.63, 3.8) is 0 Å². The van der Waals surface area contributed by atoms with Crippen molar-refractivity contribution in [2.24, 2.45) is 4.99 Å². The largest absolute Gasteiger partial charge is 0.494 e. The summed E-state index contributed by atoms with van der Waals surface area (Å²) in [5.41, 5.74) is 3.54. The molecule has 0 aliphatic carbocycles. The maximum Gasteiger partial charge on any atom is 0.257 e. The van der Waals surface area contributed by atoms with E-state index in [4.69, 9.17) is 4.74 Å². The molecule has 0 unspecified atom stereocenters. The summed E-state index contributed by atoms with van der Waals surface area (Å²) in [4.78, 5) is 21.5. The zero-order valence-corrected chi connectivity index (χ0v) is 18.1. The lowest BCUT2D eigenvalue weighted by atomic mass is 10.0. The van der Waals surface area contributed by atoms with Crippen molar-refractivity contribution in [3.8, 4) is 5.75 Å². The summed E-state index contributed by atoms with van der Waals surface area (Å²) < 4.78 is 5.44. The van der Waals surface area contributed by atoms with Crippen molar-refractivity contribution in [1.29, 1.82) is 0 Å². The van der Waals surface area contributed by atoms with Gasteiger partial charge in [0.15, 0.2) is 0 Å². The molecule has 0 aliphatic heterocycles. The number of hydrogen-bond donors (Lipinski definition) is 2. The van der Waals surface area contributed by atoms with Crippen molar-refractivity contribution < 1.29 is 9.53 Å². The molecule has 0 aliphatic rings. The average molecular weight is 417 g/mol. The van der Waals surface area contributed by atoms with Gasteiger partial charge in [0.1, 0.15) is 5.75 Å². The van der Waals surface area contributed by atoms with E-state index in [2.05, 4.69) is 46.6 Å². The molecule has 0 spiro atoms. The highest BCUT2D eigenvalue weighted by atomic mass is 16.5. The molecule has 160 valence electrons. The van der Waals surface area contributed by atoms with E-state index < -0.39 is 0 Å². The molecule has 2 aromatic carbocycles. The Morgan fingerprint density at radius 1 is 1.10 bits per heavy atom. The fraction of sp³-hybridized carbons (Fsp3) is 0.240. The molecule has 0 fully saturated rings. The SMILES string of the molecule is CCOc1ccc(C(=O)NC(=NCc2cccnc2)Nc2cccc(C(C)C)c2)cc1. The van der Waals surface area contributed by atoms with E-state index in [0.717, 1.165) is 17.0 Å². The number of carbonyl (C=O) groups excluding carboxylic acids is 1. The van der Waals surface area contributed by atoms with Gasteiger partial charge in [-0.15, -0.1) is 0 Å². The lowest BCUT2D eigenvalue weighted by molar-refractivity contribution is 0.0977. The molecule has 1 amide bonds. The Bertz CT molecular complexity index is 1020. The highest BCUT2D eigenvalue weighted by Crippen LogP contribution is 2.18. The Balaban J connectivity index is 1.79. The molecule has 0 radical (unpaired) electrons. The van der Waals surface area contributed by atoms with E-state index in [1.165, 1.54) is 5.56 Å². The fourth-order valence-corrected chi connectivity index (χ4v) is 2.93. The van der Waals surface area contributed by atoms with Crippen LogP contribution in [0.3, 0.4) is 0 Å². The summed E-state index contributed by atoms with van der Waals surface area (Å²) in [5.74, 6) is 1.26. The summed E-state index contributed by atoms with van der Waals surface area (Å²) in [6, 6.07) is 18.9. The van der Waals surface area contributed by atoms with Gasteiger partial charge in [-0.3, -0.25) is 15.1 Å². The van der Waals surface area contributed by atoms with Crippen LogP contribution in [0.2, 0.25) is 0 Å². The minimum atomic E-state index is -0.250. The Morgan fingerprint density at radius 3 is 2.58 bits per heavy atom. The van der Waals surface area contributed by atoms with Crippen LogP contribution in [0.25, 0.3) is 0 Å². The number of guanidine groups is 1. The van der Waals surface area contributed by atoms with Gasteiger partial charge in [-0.05, 0) is 66.4 Å². The monoisotopic (exact) mass is 416 g/mol. The van der Waals surface area contributed by atoms with E-state index in [0.29, 0.717) is 30.6 Å². The molecule has 3 aromatic rings. The van der Waals surface area contributed by atoms with Gasteiger partial charge in [-0.2, -0.15) is 0 Å². The van der Waals surface area contributed by atoms with E-state index in [9.17, 15) is 4.79 Å². The van der Waals surface area contributed by atoms with Crippen LogP contribution >= 0.6 is 0 Å². The average Bonchev–Trinajstić information content (AvgIpc) is 2.79. The van der Waals surface area contributed by atoms with Gasteiger partial charge >= 0.3 is 0 Å². The Hall–Kier alpha value is -3.67. The molecule has 1 heterocycles. The van der Waals surface area contributed by atoms with Crippen LogP contribution in [-0.4, -0.2) is 23.5 Å². The predicted octanol–water partition coefficient (Wildman–Crippen LogP) is 5.00. The van der Waals surface area contributed by atoms with Crippen LogP contribution in [0, 0.1) is 0 Å². The van der Waals surface area contributed by atoms with Crippen LogP contribution in [0.5, 0.6) is 5.75 Å². The second kappa shape index (κ2) is 10.9. The number of nitrogens with one attached hydrogen (secondary N) is 2. The maximum atomic E-state index is 12.8. The second-order valence-electron chi connectivity index (χ2n) is 7.34. The predicted molar refractivity (Wildman–Crippen MR) is 125 cm³/mol. The van der Waals surface area contributed by atoms with E-state index in [1.54, 1.807) is 36.7 Å². The number of ether oxygens (including phenoxy) is 1. The van der Waals surface area contributed by atoms with Gasteiger partial charge in [0.05, 0.1) is 13.2 Å². The van der Waals surface area contributed by atoms with Gasteiger partial charge in [0.2, 0.25) is 5.96 Å². The lowest BCUT2D eigenvalue weighted by Gasteiger charge is -2.14. The number of anilines is 1. The Kier molecular flexibility index (Phi) is 7.76. The highest BCUT2D eigenvalue weighted by molar-refractivity contribution is 6.10. The minimum absolute atomic E-state index is 0.250. The van der Waals surface area contributed by atoms with E-state index >= 15 is 0 Å². The first-order valence-corrected chi connectivity index (χ1v) is 10.4. The number of nitrogens with zero attached hydrogens (tertiary/aromatic N) is 2. The topological polar surface area (TPSA) is 75.6 Å². The minimum Gasteiger partial charge on any atom is -0.494 e. The molecule has 31 heavy (non-hydrogen) atoms. The van der Waals surface area contributed by atoms with Crippen LogP contribution < -0.4 is 15.4 Å². The third-order valence-corrected chi connectivity index (χ3v) is 4.62. The van der Waals surface area contributed by atoms with Crippen LogP contribution in [-0.2, 0) is 6.54 Å². The first kappa shape index (κ1) is 22.0. The van der Waals surface area contributed by atoms with E-state index in [1.807, 2.05) is 31.2 Å². The zero-order chi connectivity index (χ0) is 22.1. The molecule has 0 atom stereocenters. The second-order valence-corrected chi connectivity index (χ2v) is 7.34. The van der Waals surface area contributed by atoms with Gasteiger partial charge in [-0.1, -0.05) is 32.0 Å². The molecule has 0 bridgehead atoms. The Morgan fingerprint density at radius 2 is 1.90 bits per heavy atom. The molecule has 6 heteroatoms. The lowest BCUT2D eigenvalue weighted by Crippen LogP contribution is -2.36. The smallest absolute Gasteiger partial charge is 0.257 e. The molecular formula is C25H28N4O2. The Labute approximate surface area is 183 Å². The van der Waals surface area contributed by atoms with Gasteiger partial charge in [0, 0.05) is 23.6 Å². The zero-order valence-electron chi connectivity index (χ0n) is 18.1. The quantitative estimate of drug-likeness (QED) is 0.420. The van der Waals surface area contributed by atoms with Crippen molar-refractivity contribution in [2.45, 2.75) is 33.2 Å². The molecule has 6 nitrogen and oxygen atoms in total. The van der Waals surface area contributed by atoms with Gasteiger partial charge < -0.3 is 10.1 Å². The van der Waals surface area contributed by atoms with Crippen LogP contribution in [0.1, 0.15) is 48.2 Å². The number of pyridine rings is 1. The number of rotatable bonds is 7. The van der Waals surface area contributed by atoms with Crippen molar-refractivity contribution >= 4 is 17.6 Å². The van der Waals surface area contributed by atoms with Crippen molar-refractivity contribution in [3.05, 3.63) is 89.7 Å². The number of carbonyl (C=O) groups is 1. The van der Waals surface area contributed by atoms with Crippen molar-refractivity contribution in [1.82, 2.24) is 10.3 Å². The summed E-state index contributed by atoms with van der Waals surface area (Å²) in [7, 11) is 0. The number of amides is 1. The molecule has 0 saturated heterocycles. The third-order valence-electron chi connectivity index (χ3n) is 4.62. The summed E-state index contributed by atoms with van der Waals surface area (Å²) >= 11 is 0. The highest BCUT2D eigenvalue weighted by Gasteiger charge is 2.11. The standard InChI is InChI=1S/C25H28N4O2/c1-4-31-23-12-10-20(11-13-23)24(30)29-25(27-17-19-7-6-14-26-16-19)28-22-9-5-8-21(15-22)18(2)3/h5-16,18H,4,17H2,1-3H3,(H2,27,28,29,30). The number of hydrogen-bond acceptors (Lipinski definition) is 4.